The van der Waals surface area contributed by atoms with Crippen molar-refractivity contribution in [1.29, 1.82) is 0 Å². The highest BCUT2D eigenvalue weighted by Gasteiger charge is 2.11. The molecule has 92 valence electrons. The average molecular weight is 310 g/mol. The first kappa shape index (κ1) is 15.6. The van der Waals surface area contributed by atoms with Crippen molar-refractivity contribution in [3.8, 4) is 11.5 Å². The minimum Gasteiger partial charge on any atom is -1.00 e. The van der Waals surface area contributed by atoms with Crippen LogP contribution in [0.25, 0.3) is 0 Å². The van der Waals surface area contributed by atoms with Gasteiger partial charge in [-0.3, -0.25) is 0 Å². The first-order valence-corrected chi connectivity index (χ1v) is 5.66. The Hall–Kier alpha value is -0.450. The van der Waals surface area contributed by atoms with Gasteiger partial charge < -0.3 is 27.2 Å². The molecular formula is C11H16BrClNO2-. The van der Waals surface area contributed by atoms with Crippen LogP contribution >= 0.6 is 15.9 Å². The fourth-order valence-corrected chi connectivity index (χ4v) is 1.89. The zero-order valence-electron chi connectivity index (χ0n) is 9.64. The maximum Gasteiger partial charge on any atom is 0.165 e. The van der Waals surface area contributed by atoms with E-state index in [0.717, 1.165) is 28.1 Å². The van der Waals surface area contributed by atoms with Crippen LogP contribution in [0.5, 0.6) is 11.5 Å². The molecule has 1 aromatic rings. The molecule has 0 aliphatic heterocycles. The number of benzene rings is 1. The molecule has 1 rings (SSSR count). The Balaban J connectivity index is 0.00000225. The van der Waals surface area contributed by atoms with Crippen LogP contribution in [0.4, 0.5) is 0 Å². The molecule has 3 nitrogen and oxygen atoms in total. The number of ether oxygens (including phenoxy) is 2. The molecule has 1 aromatic carbocycles. The van der Waals surface area contributed by atoms with E-state index in [1.165, 1.54) is 0 Å². The van der Waals surface area contributed by atoms with Crippen molar-refractivity contribution in [2.45, 2.75) is 13.5 Å². The normalized spacial score (nSPS) is 9.50. The molecule has 0 atom stereocenters. The topological polar surface area (TPSA) is 30.5 Å². The van der Waals surface area contributed by atoms with Gasteiger partial charge in [-0.05, 0) is 26.1 Å². The Morgan fingerprint density at radius 1 is 1.38 bits per heavy atom. The van der Waals surface area contributed by atoms with Gasteiger partial charge in [0.15, 0.2) is 11.5 Å². The van der Waals surface area contributed by atoms with Gasteiger partial charge in [0.25, 0.3) is 0 Å². The van der Waals surface area contributed by atoms with E-state index in [2.05, 4.69) is 21.2 Å². The van der Waals surface area contributed by atoms with Crippen LogP contribution in [-0.2, 0) is 6.54 Å². The predicted octanol–water partition coefficient (Wildman–Crippen LogP) is -0.420. The molecule has 0 aromatic heterocycles. The van der Waals surface area contributed by atoms with Crippen molar-refractivity contribution >= 4 is 15.9 Å². The summed E-state index contributed by atoms with van der Waals surface area (Å²) in [6, 6.07) is 3.94. The van der Waals surface area contributed by atoms with Gasteiger partial charge in [0, 0.05) is 16.6 Å². The second kappa shape index (κ2) is 7.76. The second-order valence-electron chi connectivity index (χ2n) is 3.06. The van der Waals surface area contributed by atoms with E-state index in [9.17, 15) is 0 Å². The van der Waals surface area contributed by atoms with E-state index in [1.807, 2.05) is 26.1 Å². The number of rotatable bonds is 5. The summed E-state index contributed by atoms with van der Waals surface area (Å²) < 4.78 is 11.9. The summed E-state index contributed by atoms with van der Waals surface area (Å²) in [7, 11) is 3.55. The van der Waals surface area contributed by atoms with E-state index in [-0.39, 0.29) is 12.4 Å². The van der Waals surface area contributed by atoms with E-state index >= 15 is 0 Å². The van der Waals surface area contributed by atoms with Crippen molar-refractivity contribution < 1.29 is 21.9 Å². The number of halogens is 2. The van der Waals surface area contributed by atoms with Crippen LogP contribution in [0, 0.1) is 0 Å². The van der Waals surface area contributed by atoms with E-state index in [1.54, 1.807) is 7.11 Å². The Kier molecular flexibility index (Phi) is 7.55. The standard InChI is InChI=1S/C11H16BrNO2.ClH/c1-4-15-11-8(7-13-2)5-9(12)6-10(11)14-3;/h5-6,13H,4,7H2,1-3H3;1H/p-1. The molecule has 0 saturated carbocycles. The third-order valence-corrected chi connectivity index (χ3v) is 2.43. The second-order valence-corrected chi connectivity index (χ2v) is 3.98. The fourth-order valence-electron chi connectivity index (χ4n) is 1.40. The van der Waals surface area contributed by atoms with Crippen molar-refractivity contribution in [3.63, 3.8) is 0 Å². The minimum absolute atomic E-state index is 0. The zero-order valence-corrected chi connectivity index (χ0v) is 12.0. The van der Waals surface area contributed by atoms with Gasteiger partial charge in [0.2, 0.25) is 0 Å². The summed E-state index contributed by atoms with van der Waals surface area (Å²) >= 11 is 3.45. The van der Waals surface area contributed by atoms with E-state index in [4.69, 9.17) is 9.47 Å². The van der Waals surface area contributed by atoms with Gasteiger partial charge in [-0.2, -0.15) is 0 Å². The summed E-state index contributed by atoms with van der Waals surface area (Å²) in [5.74, 6) is 1.58. The molecule has 1 N–H and O–H groups in total. The summed E-state index contributed by atoms with van der Waals surface area (Å²) in [6.45, 7) is 3.35. The molecule has 0 bridgehead atoms. The fraction of sp³-hybridized carbons (Fsp3) is 0.455. The molecule has 0 spiro atoms. The van der Waals surface area contributed by atoms with Gasteiger partial charge in [-0.15, -0.1) is 0 Å². The Morgan fingerprint density at radius 3 is 2.56 bits per heavy atom. The van der Waals surface area contributed by atoms with Gasteiger partial charge in [-0.25, -0.2) is 0 Å². The lowest BCUT2D eigenvalue weighted by molar-refractivity contribution is -0.00000379. The summed E-state index contributed by atoms with van der Waals surface area (Å²) in [5, 5.41) is 3.10. The molecule has 0 unspecified atom stereocenters. The Bertz CT molecular complexity index is 334. The quantitative estimate of drug-likeness (QED) is 0.801. The number of methoxy groups -OCH3 is 1. The lowest BCUT2D eigenvalue weighted by Crippen LogP contribution is -3.00. The van der Waals surface area contributed by atoms with Crippen molar-refractivity contribution in [2.75, 3.05) is 20.8 Å². The molecular weight excluding hydrogens is 293 g/mol. The maximum atomic E-state index is 5.58. The van der Waals surface area contributed by atoms with Crippen LogP contribution < -0.4 is 27.2 Å². The number of nitrogens with one attached hydrogen (secondary N) is 1. The SMILES string of the molecule is CCOc1c(CNC)cc(Br)cc1OC.[Cl-]. The third kappa shape index (κ3) is 3.85. The van der Waals surface area contributed by atoms with Crippen LogP contribution in [0.3, 0.4) is 0 Å². The highest BCUT2D eigenvalue weighted by atomic mass is 79.9. The smallest absolute Gasteiger partial charge is 0.165 e. The van der Waals surface area contributed by atoms with Crippen molar-refractivity contribution in [2.24, 2.45) is 0 Å². The average Bonchev–Trinajstić information content (AvgIpc) is 2.22. The minimum atomic E-state index is 0. The molecule has 0 heterocycles. The van der Waals surface area contributed by atoms with Crippen LogP contribution in [0.15, 0.2) is 16.6 Å². The molecule has 0 amide bonds. The summed E-state index contributed by atoms with van der Waals surface area (Å²) in [6.07, 6.45) is 0. The van der Waals surface area contributed by atoms with Gasteiger partial charge >= 0.3 is 0 Å². The predicted molar refractivity (Wildman–Crippen MR) is 64.6 cm³/mol. The first-order chi connectivity index (χ1) is 7.22. The Labute approximate surface area is 111 Å². The zero-order chi connectivity index (χ0) is 11.3. The highest BCUT2D eigenvalue weighted by Crippen LogP contribution is 2.34. The third-order valence-electron chi connectivity index (χ3n) is 1.97. The van der Waals surface area contributed by atoms with Crippen molar-refractivity contribution in [3.05, 3.63) is 22.2 Å². The van der Waals surface area contributed by atoms with Gasteiger partial charge in [0.05, 0.1) is 13.7 Å². The lowest BCUT2D eigenvalue weighted by Gasteiger charge is -2.14. The highest BCUT2D eigenvalue weighted by molar-refractivity contribution is 9.10. The largest absolute Gasteiger partial charge is 1.00 e. The van der Waals surface area contributed by atoms with Gasteiger partial charge in [0.1, 0.15) is 0 Å². The van der Waals surface area contributed by atoms with Crippen molar-refractivity contribution in [1.82, 2.24) is 5.32 Å². The molecule has 0 saturated heterocycles. The molecule has 0 fully saturated rings. The maximum absolute atomic E-state index is 5.58. The summed E-state index contributed by atoms with van der Waals surface area (Å²) in [5.41, 5.74) is 1.09. The molecule has 0 aliphatic rings. The number of hydrogen-bond acceptors (Lipinski definition) is 3. The molecule has 0 radical (unpaired) electrons. The molecule has 0 aliphatic carbocycles. The lowest BCUT2D eigenvalue weighted by atomic mass is 10.2. The molecule has 5 heteroatoms. The Morgan fingerprint density at radius 2 is 2.06 bits per heavy atom. The van der Waals surface area contributed by atoms with Crippen LogP contribution in [0.2, 0.25) is 0 Å². The van der Waals surface area contributed by atoms with E-state index < -0.39 is 0 Å². The number of hydrogen-bond donors (Lipinski definition) is 1. The van der Waals surface area contributed by atoms with Crippen LogP contribution in [-0.4, -0.2) is 20.8 Å². The summed E-state index contributed by atoms with van der Waals surface area (Å²) in [4.78, 5) is 0. The van der Waals surface area contributed by atoms with Gasteiger partial charge in [-0.1, -0.05) is 15.9 Å². The van der Waals surface area contributed by atoms with Crippen LogP contribution in [0.1, 0.15) is 12.5 Å². The van der Waals surface area contributed by atoms with E-state index in [0.29, 0.717) is 6.61 Å². The molecule has 16 heavy (non-hydrogen) atoms. The monoisotopic (exact) mass is 308 g/mol. The first-order valence-electron chi connectivity index (χ1n) is 4.86.